The topological polar surface area (TPSA) is 101 Å². The number of nitrogens with one attached hydrogen (secondary N) is 1. The Morgan fingerprint density at radius 3 is 2.29 bits per heavy atom. The first kappa shape index (κ1) is 23.4. The Morgan fingerprint density at radius 2 is 1.68 bits per heavy atom. The Bertz CT molecular complexity index is 1320. The number of nitrogens with zero attached hydrogens (tertiary/aromatic N) is 3. The summed E-state index contributed by atoms with van der Waals surface area (Å²) < 4.78 is 5.34. The Balaban J connectivity index is 1.73. The lowest BCUT2D eigenvalue weighted by Crippen LogP contribution is -2.28. The number of non-ortho nitro benzene ring substituents is 1. The predicted molar refractivity (Wildman–Crippen MR) is 135 cm³/mol. The van der Waals surface area contributed by atoms with Crippen molar-refractivity contribution in [1.29, 1.82) is 0 Å². The number of anilines is 2. The van der Waals surface area contributed by atoms with Crippen LogP contribution in [0.2, 0.25) is 0 Å². The van der Waals surface area contributed by atoms with Crippen LogP contribution >= 0.6 is 0 Å². The molecule has 176 valence electrons. The standard InChI is InChI=1S/C26H28N4O4/c1-4-29(5-2)16-25(31)17-6-8-18(9-7-17)27-26-21-12-10-19(30(32)33)14-23(21)28-24-15-20(34-3)11-13-22(24)26/h6-15,25,31H,4-5,16H2,1-3H3,(H,27,28). The van der Waals surface area contributed by atoms with Gasteiger partial charge in [-0.05, 0) is 49.0 Å². The predicted octanol–water partition coefficient (Wildman–Crippen LogP) is 5.42. The highest BCUT2D eigenvalue weighted by Crippen LogP contribution is 2.36. The lowest BCUT2D eigenvalue weighted by atomic mass is 10.1. The van der Waals surface area contributed by atoms with Crippen LogP contribution in [0.25, 0.3) is 21.8 Å². The Hall–Kier alpha value is -3.75. The second-order valence-electron chi connectivity index (χ2n) is 8.08. The maximum Gasteiger partial charge on any atom is 0.271 e. The molecule has 0 aliphatic carbocycles. The molecule has 1 unspecified atom stereocenters. The molecular formula is C26H28N4O4. The Kier molecular flexibility index (Phi) is 6.90. The monoisotopic (exact) mass is 460 g/mol. The van der Waals surface area contributed by atoms with Gasteiger partial charge in [0.2, 0.25) is 0 Å². The molecule has 0 saturated carbocycles. The molecule has 1 atom stereocenters. The van der Waals surface area contributed by atoms with Gasteiger partial charge in [0, 0.05) is 41.2 Å². The summed E-state index contributed by atoms with van der Waals surface area (Å²) in [6.45, 7) is 6.52. The summed E-state index contributed by atoms with van der Waals surface area (Å²) in [6.07, 6.45) is -0.565. The molecule has 8 nitrogen and oxygen atoms in total. The van der Waals surface area contributed by atoms with Gasteiger partial charge in [0.15, 0.2) is 0 Å². The van der Waals surface area contributed by atoms with Crippen LogP contribution in [0.15, 0.2) is 60.7 Å². The van der Waals surface area contributed by atoms with Crippen LogP contribution in [-0.4, -0.2) is 46.7 Å². The maximum absolute atomic E-state index is 11.3. The number of hydrogen-bond donors (Lipinski definition) is 2. The molecule has 0 radical (unpaired) electrons. The van der Waals surface area contributed by atoms with E-state index < -0.39 is 11.0 Å². The largest absolute Gasteiger partial charge is 0.497 e. The van der Waals surface area contributed by atoms with Crippen LogP contribution in [0, 0.1) is 10.1 Å². The van der Waals surface area contributed by atoms with E-state index >= 15 is 0 Å². The SMILES string of the molecule is CCN(CC)CC(O)c1ccc(Nc2c3ccc(OC)cc3nc3cc([N+](=O)[O-])ccc23)cc1. The third kappa shape index (κ3) is 4.78. The third-order valence-electron chi connectivity index (χ3n) is 6.07. The number of nitro groups is 1. The van der Waals surface area contributed by atoms with E-state index in [4.69, 9.17) is 4.74 Å². The number of hydrogen-bond acceptors (Lipinski definition) is 7. The van der Waals surface area contributed by atoms with E-state index in [9.17, 15) is 15.2 Å². The van der Waals surface area contributed by atoms with Crippen LogP contribution in [0.5, 0.6) is 5.75 Å². The lowest BCUT2D eigenvalue weighted by Gasteiger charge is -2.22. The molecule has 0 bridgehead atoms. The molecule has 1 heterocycles. The fourth-order valence-electron chi connectivity index (χ4n) is 4.05. The molecule has 0 fully saturated rings. The number of nitro benzene ring substituents is 1. The van der Waals surface area contributed by atoms with E-state index in [-0.39, 0.29) is 5.69 Å². The normalized spacial score (nSPS) is 12.3. The van der Waals surface area contributed by atoms with Crippen LogP contribution < -0.4 is 10.1 Å². The van der Waals surface area contributed by atoms with E-state index in [0.717, 1.165) is 40.8 Å². The first-order valence-corrected chi connectivity index (χ1v) is 11.3. The summed E-state index contributed by atoms with van der Waals surface area (Å²) >= 11 is 0. The average Bonchev–Trinajstić information content (AvgIpc) is 2.86. The number of likely N-dealkylation sites (N-methyl/N-ethyl adjacent to an activating group) is 1. The average molecular weight is 461 g/mol. The third-order valence-corrected chi connectivity index (χ3v) is 6.07. The van der Waals surface area contributed by atoms with Gasteiger partial charge >= 0.3 is 0 Å². The van der Waals surface area contributed by atoms with Gasteiger partial charge in [0.05, 0.1) is 34.9 Å². The van der Waals surface area contributed by atoms with Crippen molar-refractivity contribution >= 4 is 38.9 Å². The molecular weight excluding hydrogens is 432 g/mol. The van der Waals surface area contributed by atoms with Gasteiger partial charge < -0.3 is 20.1 Å². The molecule has 1 aromatic heterocycles. The summed E-state index contributed by atoms with van der Waals surface area (Å²) in [5.74, 6) is 0.655. The number of benzene rings is 3. The van der Waals surface area contributed by atoms with E-state index in [0.29, 0.717) is 23.3 Å². The van der Waals surface area contributed by atoms with Gasteiger partial charge in [-0.25, -0.2) is 4.98 Å². The first-order chi connectivity index (χ1) is 16.4. The zero-order valence-electron chi connectivity index (χ0n) is 19.5. The molecule has 0 aliphatic heterocycles. The first-order valence-electron chi connectivity index (χ1n) is 11.3. The van der Waals surface area contributed by atoms with Crippen LogP contribution in [0.4, 0.5) is 17.1 Å². The van der Waals surface area contributed by atoms with Crippen molar-refractivity contribution < 1.29 is 14.8 Å². The number of pyridine rings is 1. The zero-order valence-corrected chi connectivity index (χ0v) is 19.5. The number of rotatable bonds is 9. The summed E-state index contributed by atoms with van der Waals surface area (Å²) in [4.78, 5) is 17.7. The van der Waals surface area contributed by atoms with Crippen molar-refractivity contribution in [1.82, 2.24) is 9.88 Å². The summed E-state index contributed by atoms with van der Waals surface area (Å²) in [5.41, 5.74) is 3.66. The second-order valence-corrected chi connectivity index (χ2v) is 8.08. The summed E-state index contributed by atoms with van der Waals surface area (Å²) in [6, 6.07) is 17.9. The fraction of sp³-hybridized carbons (Fsp3) is 0.269. The van der Waals surface area contributed by atoms with Crippen LogP contribution in [0.3, 0.4) is 0 Å². The van der Waals surface area contributed by atoms with E-state index in [1.54, 1.807) is 13.2 Å². The number of fused-ring (bicyclic) bond motifs is 2. The van der Waals surface area contributed by atoms with Crippen LogP contribution in [-0.2, 0) is 0 Å². The van der Waals surface area contributed by atoms with Crippen molar-refractivity contribution in [2.24, 2.45) is 0 Å². The fourth-order valence-corrected chi connectivity index (χ4v) is 4.05. The molecule has 34 heavy (non-hydrogen) atoms. The highest BCUT2D eigenvalue weighted by Gasteiger charge is 2.15. The molecule has 0 aliphatic rings. The molecule has 0 spiro atoms. The van der Waals surface area contributed by atoms with Crippen molar-refractivity contribution in [2.45, 2.75) is 20.0 Å². The Labute approximate surface area is 197 Å². The summed E-state index contributed by atoms with van der Waals surface area (Å²) in [5, 5.41) is 27.0. The number of methoxy groups -OCH3 is 1. The van der Waals surface area contributed by atoms with E-state index in [2.05, 4.69) is 29.0 Å². The highest BCUT2D eigenvalue weighted by atomic mass is 16.6. The van der Waals surface area contributed by atoms with Gasteiger partial charge in [0.1, 0.15) is 5.75 Å². The van der Waals surface area contributed by atoms with Crippen LogP contribution in [0.1, 0.15) is 25.5 Å². The molecule has 8 heteroatoms. The highest BCUT2D eigenvalue weighted by molar-refractivity contribution is 6.09. The van der Waals surface area contributed by atoms with Crippen molar-refractivity contribution in [3.63, 3.8) is 0 Å². The van der Waals surface area contributed by atoms with Gasteiger partial charge in [-0.1, -0.05) is 26.0 Å². The van der Waals surface area contributed by atoms with Gasteiger partial charge in [-0.2, -0.15) is 0 Å². The molecule has 4 rings (SSSR count). The molecule has 0 amide bonds. The minimum absolute atomic E-state index is 0.0141. The number of aliphatic hydroxyl groups excluding tert-OH is 1. The smallest absolute Gasteiger partial charge is 0.271 e. The van der Waals surface area contributed by atoms with Crippen molar-refractivity contribution in [2.75, 3.05) is 32.1 Å². The van der Waals surface area contributed by atoms with E-state index in [1.165, 1.54) is 12.1 Å². The van der Waals surface area contributed by atoms with Gasteiger partial charge in [-0.15, -0.1) is 0 Å². The quantitative estimate of drug-likeness (QED) is 0.195. The summed E-state index contributed by atoms with van der Waals surface area (Å²) in [7, 11) is 1.59. The zero-order chi connectivity index (χ0) is 24.2. The molecule has 0 saturated heterocycles. The van der Waals surface area contributed by atoms with Crippen molar-refractivity contribution in [3.8, 4) is 5.75 Å². The molecule has 2 N–H and O–H groups in total. The molecule has 3 aromatic carbocycles. The van der Waals surface area contributed by atoms with E-state index in [1.807, 2.05) is 42.5 Å². The number of aromatic nitrogens is 1. The minimum atomic E-state index is -0.565. The number of aliphatic hydroxyl groups is 1. The Morgan fingerprint density at radius 1 is 1.03 bits per heavy atom. The molecule has 4 aromatic rings. The maximum atomic E-state index is 11.3. The van der Waals surface area contributed by atoms with Crippen molar-refractivity contribution in [3.05, 3.63) is 76.3 Å². The van der Waals surface area contributed by atoms with Gasteiger partial charge in [-0.3, -0.25) is 10.1 Å². The lowest BCUT2D eigenvalue weighted by molar-refractivity contribution is -0.384. The number of ether oxygens (including phenoxy) is 1. The minimum Gasteiger partial charge on any atom is -0.497 e. The second kappa shape index (κ2) is 10.0. The van der Waals surface area contributed by atoms with Gasteiger partial charge in [0.25, 0.3) is 5.69 Å².